The number of halogens is 1. The van der Waals surface area contributed by atoms with Gasteiger partial charge in [0, 0.05) is 17.8 Å². The highest BCUT2D eigenvalue weighted by molar-refractivity contribution is 6.29. The molecular weight excluding hydrogens is 238 g/mol. The van der Waals surface area contributed by atoms with Crippen LogP contribution < -0.4 is 5.32 Å². The van der Waals surface area contributed by atoms with E-state index in [1.54, 1.807) is 18.3 Å². The molecular formula is C12H16ClN3O. The zero-order valence-corrected chi connectivity index (χ0v) is 10.6. The highest BCUT2D eigenvalue weighted by Crippen LogP contribution is 2.11. The predicted octanol–water partition coefficient (Wildman–Crippen LogP) is 1.56. The molecule has 1 aromatic rings. The predicted molar refractivity (Wildman–Crippen MR) is 67.2 cm³/mol. The largest absolute Gasteiger partial charge is 0.349 e. The molecule has 0 spiro atoms. The molecule has 0 aromatic carbocycles. The Balaban J connectivity index is 1.93. The summed E-state index contributed by atoms with van der Waals surface area (Å²) in [6, 6.07) is 3.53. The molecule has 0 atom stereocenters. The highest BCUT2D eigenvalue weighted by Gasteiger charge is 2.19. The number of hydrogen-bond acceptors (Lipinski definition) is 3. The fraction of sp³-hybridized carbons (Fsp3) is 0.500. The third-order valence-electron chi connectivity index (χ3n) is 3.04. The molecule has 0 unspecified atom stereocenters. The van der Waals surface area contributed by atoms with Crippen LogP contribution >= 0.6 is 11.6 Å². The van der Waals surface area contributed by atoms with Crippen LogP contribution in [-0.4, -0.2) is 42.0 Å². The number of aromatic nitrogens is 1. The number of piperidine rings is 1. The maximum Gasteiger partial charge on any atom is 0.251 e. The van der Waals surface area contributed by atoms with Crippen LogP contribution in [0.25, 0.3) is 0 Å². The second kappa shape index (κ2) is 5.47. The fourth-order valence-corrected chi connectivity index (χ4v) is 2.14. The van der Waals surface area contributed by atoms with E-state index < -0.39 is 0 Å². The standard InChI is InChI=1S/C12H16ClN3O/c1-16-6-3-10(4-7-16)15-12(17)9-2-5-14-11(13)8-9/h2,5,8,10H,3-4,6-7H2,1H3,(H,15,17). The van der Waals surface area contributed by atoms with Crippen molar-refractivity contribution in [3.8, 4) is 0 Å². The van der Waals surface area contributed by atoms with Gasteiger partial charge < -0.3 is 10.2 Å². The lowest BCUT2D eigenvalue weighted by atomic mass is 10.1. The summed E-state index contributed by atoms with van der Waals surface area (Å²) in [5.74, 6) is -0.0659. The molecule has 2 rings (SSSR count). The smallest absolute Gasteiger partial charge is 0.251 e. The summed E-state index contributed by atoms with van der Waals surface area (Å²) in [5, 5.41) is 3.38. The van der Waals surface area contributed by atoms with Gasteiger partial charge in [0.1, 0.15) is 5.15 Å². The van der Waals surface area contributed by atoms with Crippen LogP contribution in [-0.2, 0) is 0 Å². The molecule has 1 amide bonds. The number of hydrogen-bond donors (Lipinski definition) is 1. The van der Waals surface area contributed by atoms with Crippen molar-refractivity contribution in [2.75, 3.05) is 20.1 Å². The maximum absolute atomic E-state index is 11.9. The molecule has 1 N–H and O–H groups in total. The van der Waals surface area contributed by atoms with Crippen molar-refractivity contribution in [3.63, 3.8) is 0 Å². The van der Waals surface area contributed by atoms with Gasteiger partial charge in [0.2, 0.25) is 0 Å². The Kier molecular flexibility index (Phi) is 3.97. The zero-order chi connectivity index (χ0) is 12.3. The number of pyridine rings is 1. The molecule has 1 aliphatic heterocycles. The molecule has 0 aliphatic carbocycles. The quantitative estimate of drug-likeness (QED) is 0.814. The highest BCUT2D eigenvalue weighted by atomic mass is 35.5. The Hall–Kier alpha value is -1.13. The van der Waals surface area contributed by atoms with Crippen LogP contribution in [0.2, 0.25) is 5.15 Å². The summed E-state index contributed by atoms with van der Waals surface area (Å²) >= 11 is 5.75. The summed E-state index contributed by atoms with van der Waals surface area (Å²) in [5.41, 5.74) is 0.573. The van der Waals surface area contributed by atoms with E-state index in [-0.39, 0.29) is 11.9 Å². The van der Waals surface area contributed by atoms with E-state index in [2.05, 4.69) is 22.2 Å². The van der Waals surface area contributed by atoms with E-state index in [1.165, 1.54) is 0 Å². The van der Waals surface area contributed by atoms with Gasteiger partial charge in [0.15, 0.2) is 0 Å². The van der Waals surface area contributed by atoms with Crippen LogP contribution in [0.3, 0.4) is 0 Å². The fourth-order valence-electron chi connectivity index (χ4n) is 1.97. The average Bonchev–Trinajstić information content (AvgIpc) is 2.32. The van der Waals surface area contributed by atoms with Gasteiger partial charge in [-0.05, 0) is 45.1 Å². The van der Waals surface area contributed by atoms with Gasteiger partial charge in [-0.3, -0.25) is 4.79 Å². The van der Waals surface area contributed by atoms with Crippen LogP contribution in [0.5, 0.6) is 0 Å². The Labute approximate surface area is 106 Å². The molecule has 0 bridgehead atoms. The molecule has 0 saturated carbocycles. The molecule has 1 saturated heterocycles. The third-order valence-corrected chi connectivity index (χ3v) is 3.25. The normalized spacial score (nSPS) is 18.0. The van der Waals surface area contributed by atoms with Gasteiger partial charge in [-0.2, -0.15) is 0 Å². The molecule has 5 heteroatoms. The van der Waals surface area contributed by atoms with Crippen molar-refractivity contribution in [1.82, 2.24) is 15.2 Å². The summed E-state index contributed by atoms with van der Waals surface area (Å²) in [6.07, 6.45) is 3.55. The summed E-state index contributed by atoms with van der Waals surface area (Å²) in [7, 11) is 2.10. The molecule has 4 nitrogen and oxygen atoms in total. The van der Waals surface area contributed by atoms with Gasteiger partial charge in [-0.15, -0.1) is 0 Å². The minimum Gasteiger partial charge on any atom is -0.349 e. The van der Waals surface area contributed by atoms with Crippen molar-refractivity contribution >= 4 is 17.5 Å². The topological polar surface area (TPSA) is 45.2 Å². The second-order valence-corrected chi connectivity index (χ2v) is 4.81. The van der Waals surface area contributed by atoms with Crippen molar-refractivity contribution in [2.45, 2.75) is 18.9 Å². The number of nitrogens with zero attached hydrogens (tertiary/aromatic N) is 2. The molecule has 1 aliphatic rings. The number of likely N-dealkylation sites (tertiary alicyclic amines) is 1. The Morgan fingerprint density at radius 2 is 2.24 bits per heavy atom. The first-order valence-corrected chi connectivity index (χ1v) is 6.14. The van der Waals surface area contributed by atoms with Crippen LogP contribution in [0.1, 0.15) is 23.2 Å². The van der Waals surface area contributed by atoms with E-state index in [4.69, 9.17) is 11.6 Å². The van der Waals surface area contributed by atoms with E-state index in [0.717, 1.165) is 25.9 Å². The Morgan fingerprint density at radius 3 is 2.88 bits per heavy atom. The van der Waals surface area contributed by atoms with Crippen molar-refractivity contribution in [1.29, 1.82) is 0 Å². The van der Waals surface area contributed by atoms with Gasteiger partial charge in [0.25, 0.3) is 5.91 Å². The second-order valence-electron chi connectivity index (χ2n) is 4.42. The summed E-state index contributed by atoms with van der Waals surface area (Å²) in [6.45, 7) is 2.06. The lowest BCUT2D eigenvalue weighted by molar-refractivity contribution is 0.0917. The number of amides is 1. The SMILES string of the molecule is CN1CCC(NC(=O)c2ccnc(Cl)c2)CC1. The Bertz CT molecular complexity index is 402. The minimum absolute atomic E-state index is 0.0659. The van der Waals surface area contributed by atoms with Crippen LogP contribution in [0.4, 0.5) is 0 Å². The van der Waals surface area contributed by atoms with Gasteiger partial charge >= 0.3 is 0 Å². The van der Waals surface area contributed by atoms with Crippen molar-refractivity contribution in [2.24, 2.45) is 0 Å². The van der Waals surface area contributed by atoms with Crippen LogP contribution in [0.15, 0.2) is 18.3 Å². The molecule has 92 valence electrons. The molecule has 17 heavy (non-hydrogen) atoms. The van der Waals surface area contributed by atoms with Crippen LogP contribution in [0, 0.1) is 0 Å². The van der Waals surface area contributed by atoms with E-state index >= 15 is 0 Å². The number of nitrogens with one attached hydrogen (secondary N) is 1. The molecule has 0 radical (unpaired) electrons. The first kappa shape index (κ1) is 12.3. The maximum atomic E-state index is 11.9. The first-order valence-electron chi connectivity index (χ1n) is 5.76. The number of carbonyl (C=O) groups is 1. The number of carbonyl (C=O) groups excluding carboxylic acids is 1. The van der Waals surface area contributed by atoms with Gasteiger partial charge in [-0.1, -0.05) is 11.6 Å². The number of rotatable bonds is 2. The van der Waals surface area contributed by atoms with Crippen molar-refractivity contribution in [3.05, 3.63) is 29.0 Å². The lowest BCUT2D eigenvalue weighted by Crippen LogP contribution is -2.43. The van der Waals surface area contributed by atoms with Crippen molar-refractivity contribution < 1.29 is 4.79 Å². The van der Waals surface area contributed by atoms with E-state index in [1.807, 2.05) is 0 Å². The summed E-state index contributed by atoms with van der Waals surface area (Å²) in [4.78, 5) is 18.1. The average molecular weight is 254 g/mol. The van der Waals surface area contributed by atoms with E-state index in [9.17, 15) is 4.79 Å². The molecule has 1 fully saturated rings. The monoisotopic (exact) mass is 253 g/mol. The van der Waals surface area contributed by atoms with Gasteiger partial charge in [0.05, 0.1) is 0 Å². The summed E-state index contributed by atoms with van der Waals surface area (Å²) < 4.78 is 0. The van der Waals surface area contributed by atoms with Gasteiger partial charge in [-0.25, -0.2) is 4.98 Å². The van der Waals surface area contributed by atoms with E-state index in [0.29, 0.717) is 10.7 Å². The lowest BCUT2D eigenvalue weighted by Gasteiger charge is -2.29. The molecule has 1 aromatic heterocycles. The zero-order valence-electron chi connectivity index (χ0n) is 9.82. The minimum atomic E-state index is -0.0659. The third kappa shape index (κ3) is 3.41. The first-order chi connectivity index (χ1) is 8.15. The Morgan fingerprint density at radius 1 is 1.53 bits per heavy atom. The molecule has 2 heterocycles.